The quantitative estimate of drug-likeness (QED) is 0.227. The number of ether oxygens (including phenoxy) is 2. The molecule has 176 valence electrons. The Bertz CT molecular complexity index is 1410. The third-order valence-corrected chi connectivity index (χ3v) is 5.87. The molecule has 0 saturated heterocycles. The second-order valence-electron chi connectivity index (χ2n) is 8.02. The molecule has 0 aliphatic rings. The van der Waals surface area contributed by atoms with Gasteiger partial charge in [-0.3, -0.25) is 0 Å². The summed E-state index contributed by atoms with van der Waals surface area (Å²) in [5, 5.41) is 13.7. The molecule has 0 radical (unpaired) electrons. The number of hydrogen-bond donors (Lipinski definition) is 0. The molecule has 1 aromatic heterocycles. The standard InChI is InChI=1S/C29H27N3O3/c1-20(31-35-19-24-10-6-5-9-23(24)18-30)28-17-29(22-11-7-13-26(15-22)33-3)32(21(28)2)25-12-8-14-27(16-25)34-4/h5-17H,19H2,1-4H3/b31-20-. The Balaban J connectivity index is 1.75. The lowest BCUT2D eigenvalue weighted by atomic mass is 10.1. The predicted octanol–water partition coefficient (Wildman–Crippen LogP) is 6.28. The summed E-state index contributed by atoms with van der Waals surface area (Å²) in [6, 6.07) is 27.6. The van der Waals surface area contributed by atoms with E-state index in [4.69, 9.17) is 14.3 Å². The number of methoxy groups -OCH3 is 2. The van der Waals surface area contributed by atoms with Crippen molar-refractivity contribution in [3.8, 4) is 34.5 Å². The minimum absolute atomic E-state index is 0.222. The van der Waals surface area contributed by atoms with Crippen molar-refractivity contribution in [3.05, 3.63) is 101 Å². The van der Waals surface area contributed by atoms with Crippen LogP contribution in [0.4, 0.5) is 0 Å². The maximum absolute atomic E-state index is 9.30. The van der Waals surface area contributed by atoms with Gasteiger partial charge >= 0.3 is 0 Å². The van der Waals surface area contributed by atoms with Crippen LogP contribution in [0.5, 0.6) is 11.5 Å². The van der Waals surface area contributed by atoms with Gasteiger partial charge in [0.25, 0.3) is 0 Å². The second kappa shape index (κ2) is 10.6. The lowest BCUT2D eigenvalue weighted by Crippen LogP contribution is -2.03. The summed E-state index contributed by atoms with van der Waals surface area (Å²) < 4.78 is 13.1. The van der Waals surface area contributed by atoms with Crippen molar-refractivity contribution < 1.29 is 14.3 Å². The third kappa shape index (κ3) is 5.04. The predicted molar refractivity (Wildman–Crippen MR) is 137 cm³/mol. The molecule has 4 aromatic rings. The minimum atomic E-state index is 0.222. The van der Waals surface area contributed by atoms with Crippen molar-refractivity contribution >= 4 is 5.71 Å². The van der Waals surface area contributed by atoms with E-state index in [0.717, 1.165) is 51.0 Å². The van der Waals surface area contributed by atoms with E-state index in [-0.39, 0.29) is 6.61 Å². The largest absolute Gasteiger partial charge is 0.497 e. The highest BCUT2D eigenvalue weighted by Gasteiger charge is 2.18. The summed E-state index contributed by atoms with van der Waals surface area (Å²) in [6.45, 7) is 4.20. The fraction of sp³-hybridized carbons (Fsp3) is 0.172. The molecule has 0 N–H and O–H groups in total. The van der Waals surface area contributed by atoms with Gasteiger partial charge in [-0.25, -0.2) is 0 Å². The zero-order valence-corrected chi connectivity index (χ0v) is 20.3. The number of rotatable bonds is 8. The van der Waals surface area contributed by atoms with Crippen LogP contribution >= 0.6 is 0 Å². The van der Waals surface area contributed by atoms with E-state index < -0.39 is 0 Å². The van der Waals surface area contributed by atoms with Gasteiger partial charge in [-0.15, -0.1) is 0 Å². The number of nitrogens with zero attached hydrogens (tertiary/aromatic N) is 3. The van der Waals surface area contributed by atoms with Crippen LogP contribution in [-0.2, 0) is 11.4 Å². The first-order valence-electron chi connectivity index (χ1n) is 11.2. The average Bonchev–Trinajstić information content (AvgIpc) is 3.26. The van der Waals surface area contributed by atoms with Crippen LogP contribution in [0.2, 0.25) is 0 Å². The van der Waals surface area contributed by atoms with Crippen molar-refractivity contribution in [2.45, 2.75) is 20.5 Å². The molecule has 4 rings (SSSR count). The number of aromatic nitrogens is 1. The molecule has 0 atom stereocenters. The molecule has 35 heavy (non-hydrogen) atoms. The van der Waals surface area contributed by atoms with Gasteiger partial charge in [-0.05, 0) is 50.2 Å². The van der Waals surface area contributed by atoms with Crippen LogP contribution in [0.25, 0.3) is 16.9 Å². The minimum Gasteiger partial charge on any atom is -0.497 e. The maximum Gasteiger partial charge on any atom is 0.143 e. The van der Waals surface area contributed by atoms with Gasteiger partial charge in [0.1, 0.15) is 18.1 Å². The normalized spacial score (nSPS) is 11.1. The molecule has 0 spiro atoms. The molecule has 0 aliphatic carbocycles. The Labute approximate surface area is 205 Å². The summed E-state index contributed by atoms with van der Waals surface area (Å²) in [4.78, 5) is 5.65. The van der Waals surface area contributed by atoms with E-state index in [2.05, 4.69) is 34.8 Å². The molecule has 0 bridgehead atoms. The molecule has 0 saturated carbocycles. The SMILES string of the molecule is COc1cccc(-c2cc(/C(C)=N\OCc3ccccc3C#N)c(C)n2-c2cccc(OC)c2)c1. The van der Waals surface area contributed by atoms with Crippen molar-refractivity contribution in [2.24, 2.45) is 5.16 Å². The maximum atomic E-state index is 9.30. The van der Waals surface area contributed by atoms with Crippen LogP contribution in [-0.4, -0.2) is 24.5 Å². The fourth-order valence-electron chi connectivity index (χ4n) is 4.05. The summed E-state index contributed by atoms with van der Waals surface area (Å²) in [7, 11) is 3.32. The van der Waals surface area contributed by atoms with Gasteiger partial charge in [0.2, 0.25) is 0 Å². The molecule has 6 nitrogen and oxygen atoms in total. The molecule has 3 aromatic carbocycles. The van der Waals surface area contributed by atoms with Crippen molar-refractivity contribution in [1.82, 2.24) is 4.57 Å². The highest BCUT2D eigenvalue weighted by molar-refractivity contribution is 6.01. The summed E-state index contributed by atoms with van der Waals surface area (Å²) in [6.07, 6.45) is 0. The van der Waals surface area contributed by atoms with E-state index in [1.165, 1.54) is 0 Å². The summed E-state index contributed by atoms with van der Waals surface area (Å²) in [5.74, 6) is 1.56. The van der Waals surface area contributed by atoms with Crippen LogP contribution in [0, 0.1) is 18.3 Å². The molecular formula is C29H27N3O3. The van der Waals surface area contributed by atoms with E-state index in [1.54, 1.807) is 20.3 Å². The lowest BCUT2D eigenvalue weighted by Gasteiger charge is -2.14. The lowest BCUT2D eigenvalue weighted by molar-refractivity contribution is 0.130. The molecule has 0 amide bonds. The van der Waals surface area contributed by atoms with Crippen LogP contribution in [0.3, 0.4) is 0 Å². The van der Waals surface area contributed by atoms with Crippen molar-refractivity contribution in [3.63, 3.8) is 0 Å². The summed E-state index contributed by atoms with van der Waals surface area (Å²) in [5.41, 5.74) is 7.07. The molecular weight excluding hydrogens is 438 g/mol. The van der Waals surface area contributed by atoms with E-state index >= 15 is 0 Å². The third-order valence-electron chi connectivity index (χ3n) is 5.87. The molecule has 0 aliphatic heterocycles. The van der Waals surface area contributed by atoms with Gasteiger partial charge in [0, 0.05) is 34.1 Å². The van der Waals surface area contributed by atoms with Gasteiger partial charge in [-0.1, -0.05) is 41.6 Å². The Morgan fingerprint density at radius 1 is 0.914 bits per heavy atom. The van der Waals surface area contributed by atoms with E-state index in [1.807, 2.05) is 67.6 Å². The fourth-order valence-corrected chi connectivity index (χ4v) is 4.05. The van der Waals surface area contributed by atoms with Gasteiger partial charge in [0.05, 0.1) is 37.3 Å². The average molecular weight is 466 g/mol. The zero-order chi connectivity index (χ0) is 24.8. The molecule has 6 heteroatoms. The monoisotopic (exact) mass is 465 g/mol. The highest BCUT2D eigenvalue weighted by atomic mass is 16.6. The Hall–Kier alpha value is -4.50. The van der Waals surface area contributed by atoms with Gasteiger partial charge < -0.3 is 18.9 Å². The second-order valence-corrected chi connectivity index (χ2v) is 8.02. The van der Waals surface area contributed by atoms with Gasteiger partial charge in [-0.2, -0.15) is 5.26 Å². The van der Waals surface area contributed by atoms with Gasteiger partial charge in [0.15, 0.2) is 0 Å². The number of hydrogen-bond acceptors (Lipinski definition) is 5. The first kappa shape index (κ1) is 23.7. The first-order chi connectivity index (χ1) is 17.0. The van der Waals surface area contributed by atoms with Crippen molar-refractivity contribution in [2.75, 3.05) is 14.2 Å². The van der Waals surface area contributed by atoms with E-state index in [0.29, 0.717) is 5.56 Å². The first-order valence-corrected chi connectivity index (χ1v) is 11.2. The smallest absolute Gasteiger partial charge is 0.143 e. The van der Waals surface area contributed by atoms with E-state index in [9.17, 15) is 5.26 Å². The van der Waals surface area contributed by atoms with Crippen LogP contribution < -0.4 is 9.47 Å². The Morgan fingerprint density at radius 2 is 1.63 bits per heavy atom. The number of oxime groups is 1. The zero-order valence-electron chi connectivity index (χ0n) is 20.3. The highest BCUT2D eigenvalue weighted by Crippen LogP contribution is 2.32. The van der Waals surface area contributed by atoms with Crippen LogP contribution in [0.15, 0.2) is 84.0 Å². The molecule has 1 heterocycles. The van der Waals surface area contributed by atoms with Crippen LogP contribution in [0.1, 0.15) is 29.3 Å². The number of benzene rings is 3. The molecule has 0 fully saturated rings. The Kier molecular flexibility index (Phi) is 7.18. The Morgan fingerprint density at radius 3 is 2.37 bits per heavy atom. The number of nitriles is 1. The van der Waals surface area contributed by atoms with Crippen molar-refractivity contribution in [1.29, 1.82) is 5.26 Å². The topological polar surface area (TPSA) is 68.8 Å². The molecule has 0 unspecified atom stereocenters. The summed E-state index contributed by atoms with van der Waals surface area (Å²) >= 11 is 0.